The van der Waals surface area contributed by atoms with Crippen LogP contribution in [-0.2, 0) is 4.79 Å². The van der Waals surface area contributed by atoms with Gasteiger partial charge in [-0.1, -0.05) is 6.58 Å². The number of benzene rings is 1. The molecule has 2 saturated heterocycles. The lowest BCUT2D eigenvalue weighted by molar-refractivity contribution is -0.111. The standard InChI is InChI=1S/C23H25BrN8O/c1-2-20(33)28-17-4-5-18-19(10-17)22(31-7-3-8-31)30-29-21(18)32-9-6-15(14-32)11-25-23-26-12-16(24)13-27-23/h2,4-5,10,12-13,15H,1,3,6-9,11,14H2,(H,28,33)(H,25,26,27). The van der Waals surface area contributed by atoms with Gasteiger partial charge in [-0.25, -0.2) is 9.97 Å². The first-order valence-electron chi connectivity index (χ1n) is 11.1. The summed E-state index contributed by atoms with van der Waals surface area (Å²) in [7, 11) is 0. The van der Waals surface area contributed by atoms with Crippen LogP contribution in [0.25, 0.3) is 10.8 Å². The van der Waals surface area contributed by atoms with E-state index in [4.69, 9.17) is 0 Å². The molecular weight excluding hydrogens is 484 g/mol. The van der Waals surface area contributed by atoms with Gasteiger partial charge in [-0.05, 0) is 59.0 Å². The van der Waals surface area contributed by atoms with Crippen LogP contribution < -0.4 is 20.4 Å². The average molecular weight is 509 g/mol. The normalized spacial score (nSPS) is 17.7. The summed E-state index contributed by atoms with van der Waals surface area (Å²) in [5, 5.41) is 17.5. The van der Waals surface area contributed by atoms with E-state index in [9.17, 15) is 4.79 Å². The van der Waals surface area contributed by atoms with Crippen molar-refractivity contribution in [2.24, 2.45) is 5.92 Å². The monoisotopic (exact) mass is 508 g/mol. The van der Waals surface area contributed by atoms with Gasteiger partial charge in [0, 0.05) is 61.6 Å². The molecule has 3 aromatic rings. The molecule has 5 rings (SSSR count). The zero-order valence-electron chi connectivity index (χ0n) is 18.2. The number of fused-ring (bicyclic) bond motifs is 1. The second kappa shape index (κ2) is 9.30. The van der Waals surface area contributed by atoms with E-state index in [-0.39, 0.29) is 5.91 Å². The summed E-state index contributed by atoms with van der Waals surface area (Å²) in [5.74, 6) is 2.62. The van der Waals surface area contributed by atoms with Crippen LogP contribution in [0, 0.1) is 5.92 Å². The number of nitrogens with one attached hydrogen (secondary N) is 2. The zero-order chi connectivity index (χ0) is 22.8. The fourth-order valence-electron chi connectivity index (χ4n) is 4.22. The molecule has 1 atom stereocenters. The van der Waals surface area contributed by atoms with Crippen molar-refractivity contribution < 1.29 is 4.79 Å². The highest BCUT2D eigenvalue weighted by Gasteiger charge is 2.27. The Kier molecular flexibility index (Phi) is 6.08. The van der Waals surface area contributed by atoms with Gasteiger partial charge in [0.15, 0.2) is 11.6 Å². The number of carbonyl (C=O) groups excluding carboxylic acids is 1. The predicted octanol–water partition coefficient (Wildman–Crippen LogP) is 3.46. The molecular formula is C23H25BrN8O. The molecule has 1 aromatic carbocycles. The minimum Gasteiger partial charge on any atom is -0.354 e. The first-order valence-corrected chi connectivity index (χ1v) is 11.8. The molecule has 0 saturated carbocycles. The van der Waals surface area contributed by atoms with Crippen molar-refractivity contribution in [3.63, 3.8) is 0 Å². The summed E-state index contributed by atoms with van der Waals surface area (Å²) in [6.45, 7) is 8.07. The van der Waals surface area contributed by atoms with Crippen LogP contribution in [0.15, 0.2) is 47.7 Å². The van der Waals surface area contributed by atoms with Gasteiger partial charge in [0.05, 0.1) is 4.47 Å². The van der Waals surface area contributed by atoms with E-state index in [1.165, 1.54) is 6.08 Å². The van der Waals surface area contributed by atoms with Crippen molar-refractivity contribution in [2.75, 3.05) is 53.2 Å². The van der Waals surface area contributed by atoms with E-state index in [1.807, 2.05) is 18.2 Å². The van der Waals surface area contributed by atoms with Gasteiger partial charge >= 0.3 is 0 Å². The lowest BCUT2D eigenvalue weighted by Gasteiger charge is -2.33. The van der Waals surface area contributed by atoms with Crippen molar-refractivity contribution in [1.29, 1.82) is 0 Å². The van der Waals surface area contributed by atoms with Crippen LogP contribution in [0.4, 0.5) is 23.3 Å². The van der Waals surface area contributed by atoms with Crippen LogP contribution in [0.2, 0.25) is 0 Å². The molecule has 170 valence electrons. The quantitative estimate of drug-likeness (QED) is 0.468. The summed E-state index contributed by atoms with van der Waals surface area (Å²) >= 11 is 3.36. The molecule has 2 N–H and O–H groups in total. The summed E-state index contributed by atoms with van der Waals surface area (Å²) in [5.41, 5.74) is 0.728. The Hall–Kier alpha value is -3.27. The predicted molar refractivity (Wildman–Crippen MR) is 134 cm³/mol. The van der Waals surface area contributed by atoms with Crippen molar-refractivity contribution >= 4 is 55.9 Å². The molecule has 2 fully saturated rings. The SMILES string of the molecule is C=CC(=O)Nc1ccc2c(N3CCC(CNc4ncc(Br)cn4)C3)nnc(N3CCC3)c2c1. The van der Waals surface area contributed by atoms with Gasteiger partial charge in [-0.3, -0.25) is 4.79 Å². The highest BCUT2D eigenvalue weighted by atomic mass is 79.9. The van der Waals surface area contributed by atoms with E-state index in [2.05, 4.69) is 63.1 Å². The van der Waals surface area contributed by atoms with Crippen LogP contribution in [0.5, 0.6) is 0 Å². The Morgan fingerprint density at radius 3 is 2.58 bits per heavy atom. The molecule has 1 unspecified atom stereocenters. The van der Waals surface area contributed by atoms with Gasteiger partial charge in [0.25, 0.3) is 0 Å². The smallest absolute Gasteiger partial charge is 0.247 e. The molecule has 0 spiro atoms. The van der Waals surface area contributed by atoms with Crippen molar-refractivity contribution in [3.8, 4) is 0 Å². The Balaban J connectivity index is 1.36. The number of hydrogen-bond acceptors (Lipinski definition) is 8. The van der Waals surface area contributed by atoms with Gasteiger partial charge in [0.2, 0.25) is 11.9 Å². The number of aromatic nitrogens is 4. The minimum atomic E-state index is -0.230. The zero-order valence-corrected chi connectivity index (χ0v) is 19.8. The number of halogens is 1. The molecule has 0 radical (unpaired) electrons. The minimum absolute atomic E-state index is 0.230. The topological polar surface area (TPSA) is 99.2 Å². The van der Waals surface area contributed by atoms with Gasteiger partial charge in [-0.15, -0.1) is 10.2 Å². The summed E-state index contributed by atoms with van der Waals surface area (Å²) in [6, 6.07) is 5.93. The fourth-order valence-corrected chi connectivity index (χ4v) is 4.43. The largest absolute Gasteiger partial charge is 0.354 e. The first kappa shape index (κ1) is 21.6. The molecule has 4 heterocycles. The van der Waals surface area contributed by atoms with Gasteiger partial charge in [0.1, 0.15) is 0 Å². The van der Waals surface area contributed by atoms with Gasteiger partial charge in [-0.2, -0.15) is 0 Å². The van der Waals surface area contributed by atoms with E-state index >= 15 is 0 Å². The highest BCUT2D eigenvalue weighted by Crippen LogP contribution is 2.36. The molecule has 9 nitrogen and oxygen atoms in total. The average Bonchev–Trinajstić information content (AvgIpc) is 3.26. The van der Waals surface area contributed by atoms with Crippen LogP contribution in [0.1, 0.15) is 12.8 Å². The maximum atomic E-state index is 11.8. The lowest BCUT2D eigenvalue weighted by Crippen LogP contribution is -2.38. The first-order chi connectivity index (χ1) is 16.1. The Labute approximate surface area is 200 Å². The molecule has 2 aliphatic rings. The van der Waals surface area contributed by atoms with Crippen molar-refractivity contribution in [1.82, 2.24) is 20.2 Å². The third-order valence-corrected chi connectivity index (χ3v) is 6.51. The number of rotatable bonds is 7. The molecule has 2 aromatic heterocycles. The number of nitrogens with zero attached hydrogens (tertiary/aromatic N) is 6. The van der Waals surface area contributed by atoms with E-state index < -0.39 is 0 Å². The Morgan fingerprint density at radius 1 is 1.12 bits per heavy atom. The molecule has 10 heteroatoms. The maximum absolute atomic E-state index is 11.8. The molecule has 1 amide bonds. The third-order valence-electron chi connectivity index (χ3n) is 6.10. The van der Waals surface area contributed by atoms with E-state index in [0.717, 1.165) is 78.1 Å². The van der Waals surface area contributed by atoms with Crippen molar-refractivity contribution in [3.05, 3.63) is 47.7 Å². The molecule has 2 aliphatic heterocycles. The number of amides is 1. The number of hydrogen-bond donors (Lipinski definition) is 2. The molecule has 0 aliphatic carbocycles. The Morgan fingerprint density at radius 2 is 1.88 bits per heavy atom. The second-order valence-corrected chi connectivity index (χ2v) is 9.26. The molecule has 0 bridgehead atoms. The highest BCUT2D eigenvalue weighted by molar-refractivity contribution is 9.10. The lowest BCUT2D eigenvalue weighted by atomic mass is 10.1. The third kappa shape index (κ3) is 4.61. The number of anilines is 4. The summed E-state index contributed by atoms with van der Waals surface area (Å²) in [6.07, 6.45) is 6.95. The fraction of sp³-hybridized carbons (Fsp3) is 0.348. The van der Waals surface area contributed by atoms with Gasteiger partial charge < -0.3 is 20.4 Å². The van der Waals surface area contributed by atoms with Crippen LogP contribution >= 0.6 is 15.9 Å². The maximum Gasteiger partial charge on any atom is 0.247 e. The summed E-state index contributed by atoms with van der Waals surface area (Å²) < 4.78 is 0.861. The van der Waals surface area contributed by atoms with E-state index in [0.29, 0.717) is 11.9 Å². The van der Waals surface area contributed by atoms with Crippen LogP contribution in [0.3, 0.4) is 0 Å². The Bertz CT molecular complexity index is 1180. The van der Waals surface area contributed by atoms with E-state index in [1.54, 1.807) is 12.4 Å². The van der Waals surface area contributed by atoms with Crippen LogP contribution in [-0.4, -0.2) is 58.8 Å². The van der Waals surface area contributed by atoms with Crippen molar-refractivity contribution in [2.45, 2.75) is 12.8 Å². The number of carbonyl (C=O) groups is 1. The second-order valence-electron chi connectivity index (χ2n) is 8.35. The summed E-state index contributed by atoms with van der Waals surface area (Å²) in [4.78, 5) is 24.9. The molecule has 33 heavy (non-hydrogen) atoms.